The summed E-state index contributed by atoms with van der Waals surface area (Å²) in [5, 5.41) is 14.1. The third kappa shape index (κ3) is 5.62. The Morgan fingerprint density at radius 3 is 2.42 bits per heavy atom. The first-order valence-corrected chi connectivity index (χ1v) is 15.6. The number of aromatic nitrogens is 2. The summed E-state index contributed by atoms with van der Waals surface area (Å²) in [5.74, 6) is -0.107. The number of allylic oxidation sites excluding steroid dienone is 1. The van der Waals surface area contributed by atoms with E-state index in [9.17, 15) is 30.7 Å². The SMILES string of the molecule is C=C(O)Cn1ncc2c1CCC[C@H]2N(C)S(=O)(=O)c1cc(C(F)(F)I)cc(S(=O)(=O)c2ccc(Cl)cc2)c1. The quantitative estimate of drug-likeness (QED) is 0.186. The predicted octanol–water partition coefficient (Wildman–Crippen LogP) is 5.62. The topological polar surface area (TPSA) is 110 Å². The third-order valence-electron chi connectivity index (χ3n) is 6.32. The monoisotopic (exact) mass is 697 g/mol. The van der Waals surface area contributed by atoms with Crippen molar-refractivity contribution in [1.82, 2.24) is 14.1 Å². The van der Waals surface area contributed by atoms with Crippen molar-refractivity contribution in [2.45, 2.75) is 50.5 Å². The van der Waals surface area contributed by atoms with Crippen molar-refractivity contribution in [3.8, 4) is 0 Å². The summed E-state index contributed by atoms with van der Waals surface area (Å²) in [6.45, 7) is 3.52. The number of fused-ring (bicyclic) bond motifs is 1. The van der Waals surface area contributed by atoms with Crippen LogP contribution in [0.3, 0.4) is 0 Å². The van der Waals surface area contributed by atoms with Crippen LogP contribution in [0.15, 0.2) is 75.7 Å². The molecule has 8 nitrogen and oxygen atoms in total. The maximum Gasteiger partial charge on any atom is 0.321 e. The van der Waals surface area contributed by atoms with Crippen molar-refractivity contribution in [3.63, 3.8) is 0 Å². The van der Waals surface area contributed by atoms with Gasteiger partial charge >= 0.3 is 3.93 Å². The van der Waals surface area contributed by atoms with E-state index >= 15 is 0 Å². The Labute approximate surface area is 238 Å². The first-order valence-electron chi connectivity index (χ1n) is 11.2. The van der Waals surface area contributed by atoms with Gasteiger partial charge in [-0.3, -0.25) is 4.68 Å². The summed E-state index contributed by atoms with van der Waals surface area (Å²) >= 11 is 6.68. The molecule has 0 bridgehead atoms. The van der Waals surface area contributed by atoms with Gasteiger partial charge in [0, 0.05) is 51.5 Å². The lowest BCUT2D eigenvalue weighted by atomic mass is 9.93. The number of nitrogens with zero attached hydrogens (tertiary/aromatic N) is 3. The average Bonchev–Trinajstić information content (AvgIpc) is 3.25. The largest absolute Gasteiger partial charge is 0.511 e. The molecule has 0 saturated heterocycles. The first kappa shape index (κ1) is 28.9. The molecule has 0 fully saturated rings. The van der Waals surface area contributed by atoms with Gasteiger partial charge in [0.05, 0.1) is 33.5 Å². The smallest absolute Gasteiger partial charge is 0.321 e. The summed E-state index contributed by atoms with van der Waals surface area (Å²) in [7, 11) is -7.48. The van der Waals surface area contributed by atoms with Crippen LogP contribution in [-0.2, 0) is 36.8 Å². The van der Waals surface area contributed by atoms with E-state index in [0.29, 0.717) is 24.8 Å². The second-order valence-corrected chi connectivity index (χ2v) is 14.6. The molecule has 0 unspecified atom stereocenters. The summed E-state index contributed by atoms with van der Waals surface area (Å²) in [6.07, 6.45) is 3.17. The van der Waals surface area contributed by atoms with Gasteiger partial charge in [0.1, 0.15) is 5.76 Å². The molecule has 0 aliphatic heterocycles. The molecule has 1 heterocycles. The van der Waals surface area contributed by atoms with Gasteiger partial charge in [-0.25, -0.2) is 16.8 Å². The van der Waals surface area contributed by atoms with E-state index in [1.54, 1.807) is 4.68 Å². The highest BCUT2D eigenvalue weighted by Crippen LogP contribution is 2.41. The number of benzene rings is 2. The molecule has 1 atom stereocenters. The van der Waals surface area contributed by atoms with Gasteiger partial charge in [-0.2, -0.15) is 18.2 Å². The van der Waals surface area contributed by atoms with E-state index in [0.717, 1.165) is 50.8 Å². The van der Waals surface area contributed by atoms with E-state index in [1.807, 2.05) is 0 Å². The van der Waals surface area contributed by atoms with Gasteiger partial charge in [-0.1, -0.05) is 18.2 Å². The number of hydrogen-bond acceptors (Lipinski definition) is 6. The van der Waals surface area contributed by atoms with Crippen molar-refractivity contribution in [1.29, 1.82) is 0 Å². The number of hydrogen-bond donors (Lipinski definition) is 1. The van der Waals surface area contributed by atoms with Crippen LogP contribution < -0.4 is 0 Å². The maximum atomic E-state index is 14.4. The fourth-order valence-corrected chi connectivity index (χ4v) is 7.69. The summed E-state index contributed by atoms with van der Waals surface area (Å²) < 4.78 is 82.0. The van der Waals surface area contributed by atoms with Gasteiger partial charge in [-0.05, 0) is 61.7 Å². The zero-order chi connectivity index (χ0) is 28.0. The Morgan fingerprint density at radius 1 is 1.18 bits per heavy atom. The average molecular weight is 698 g/mol. The van der Waals surface area contributed by atoms with Gasteiger partial charge in [-0.15, -0.1) is 0 Å². The Balaban J connectivity index is 1.81. The Morgan fingerprint density at radius 2 is 1.82 bits per heavy atom. The van der Waals surface area contributed by atoms with Crippen LogP contribution in [0.5, 0.6) is 0 Å². The summed E-state index contributed by atoms with van der Waals surface area (Å²) in [5.41, 5.74) is 0.587. The molecule has 2 aromatic carbocycles. The minimum atomic E-state index is -4.44. The lowest BCUT2D eigenvalue weighted by Crippen LogP contribution is -2.33. The van der Waals surface area contributed by atoms with Crippen LogP contribution in [0, 0.1) is 0 Å². The van der Waals surface area contributed by atoms with Gasteiger partial charge in [0.15, 0.2) is 0 Å². The van der Waals surface area contributed by atoms with Gasteiger partial charge in [0.25, 0.3) is 0 Å². The molecule has 4 rings (SSSR count). The van der Waals surface area contributed by atoms with Crippen molar-refractivity contribution < 1.29 is 30.7 Å². The van der Waals surface area contributed by atoms with Crippen LogP contribution in [0.1, 0.15) is 35.7 Å². The van der Waals surface area contributed by atoms with Gasteiger partial charge < -0.3 is 5.11 Å². The molecule has 0 saturated carbocycles. The number of rotatable bonds is 8. The second-order valence-electron chi connectivity index (χ2n) is 8.85. The van der Waals surface area contributed by atoms with Crippen LogP contribution in [0.2, 0.25) is 5.02 Å². The third-order valence-corrected chi connectivity index (χ3v) is 10.8. The Kier molecular flexibility index (Phi) is 7.98. The van der Waals surface area contributed by atoms with Crippen LogP contribution >= 0.6 is 34.2 Å². The normalized spacial score (nSPS) is 16.4. The van der Waals surface area contributed by atoms with E-state index in [-0.39, 0.29) is 22.2 Å². The highest BCUT2D eigenvalue weighted by molar-refractivity contribution is 14.1. The molecule has 0 spiro atoms. The van der Waals surface area contributed by atoms with E-state index in [4.69, 9.17) is 11.6 Å². The fourth-order valence-electron chi connectivity index (χ4n) is 4.41. The Hall–Kier alpha value is -2.07. The molecular weight excluding hydrogens is 675 g/mol. The van der Waals surface area contributed by atoms with Crippen molar-refractivity contribution in [3.05, 3.63) is 82.8 Å². The second kappa shape index (κ2) is 10.5. The number of aliphatic hydroxyl groups excluding tert-OH is 1. The number of aliphatic hydroxyl groups is 1. The van der Waals surface area contributed by atoms with Crippen molar-refractivity contribution >= 4 is 54.1 Å². The molecule has 1 N–H and O–H groups in total. The van der Waals surface area contributed by atoms with E-state index in [2.05, 4.69) is 11.7 Å². The Bertz CT molecular complexity index is 1600. The lowest BCUT2D eigenvalue weighted by molar-refractivity contribution is 0.127. The van der Waals surface area contributed by atoms with Crippen molar-refractivity contribution in [2.24, 2.45) is 0 Å². The van der Waals surface area contributed by atoms with Crippen LogP contribution in [0.25, 0.3) is 0 Å². The molecule has 3 aromatic rings. The maximum absolute atomic E-state index is 14.4. The molecule has 0 radical (unpaired) electrons. The van der Waals surface area contributed by atoms with Crippen molar-refractivity contribution in [2.75, 3.05) is 7.05 Å². The standard InChI is InChI=1S/C24H23ClF2IN3O5S2/c1-15(32)14-31-23-5-3-4-22(21(23)13-29-31)30(2)38(35,36)20-11-16(24(26,27)28)10-19(12-20)37(33,34)18-8-6-17(25)7-9-18/h6-13,22,32H,1,3-5,14H2,2H3/t22-/m1/s1. The number of sulfone groups is 1. The zero-order valence-corrected chi connectivity index (χ0v) is 24.5. The van der Waals surface area contributed by atoms with E-state index < -0.39 is 45.2 Å². The summed E-state index contributed by atoms with van der Waals surface area (Å²) in [6, 6.07) is 6.90. The first-order chi connectivity index (χ1) is 17.6. The predicted molar refractivity (Wildman–Crippen MR) is 146 cm³/mol. The van der Waals surface area contributed by atoms with E-state index in [1.165, 1.54) is 37.5 Å². The minimum absolute atomic E-state index is 0.0528. The highest BCUT2D eigenvalue weighted by Gasteiger charge is 2.37. The molecule has 0 amide bonds. The zero-order valence-electron chi connectivity index (χ0n) is 20.0. The molecule has 38 heavy (non-hydrogen) atoms. The van der Waals surface area contributed by atoms with Gasteiger partial charge in [0.2, 0.25) is 19.9 Å². The molecule has 204 valence electrons. The minimum Gasteiger partial charge on any atom is -0.511 e. The molecule has 14 heteroatoms. The summed E-state index contributed by atoms with van der Waals surface area (Å²) in [4.78, 5) is -1.38. The molecule has 1 aliphatic rings. The molecule has 1 aromatic heterocycles. The lowest BCUT2D eigenvalue weighted by Gasteiger charge is -2.31. The van der Waals surface area contributed by atoms with Crippen LogP contribution in [-0.4, -0.2) is 43.1 Å². The number of halogens is 4. The molecular formula is C24H23ClF2IN3O5S2. The van der Waals surface area contributed by atoms with Crippen LogP contribution in [0.4, 0.5) is 8.78 Å². The molecule has 1 aliphatic carbocycles. The number of sulfonamides is 1. The fraction of sp³-hybridized carbons (Fsp3) is 0.292. The number of alkyl halides is 3. The highest BCUT2D eigenvalue weighted by atomic mass is 127.